The lowest BCUT2D eigenvalue weighted by Gasteiger charge is -2.13. The molecule has 2 aromatic carbocycles. The van der Waals surface area contributed by atoms with Gasteiger partial charge in [-0.15, -0.1) is 0 Å². The lowest BCUT2D eigenvalue weighted by atomic mass is 10.1. The van der Waals surface area contributed by atoms with Gasteiger partial charge in [0, 0.05) is 23.6 Å². The Morgan fingerprint density at radius 1 is 1.00 bits per heavy atom. The van der Waals surface area contributed by atoms with Crippen LogP contribution in [0, 0.1) is 0 Å². The highest BCUT2D eigenvalue weighted by molar-refractivity contribution is 7.88. The summed E-state index contributed by atoms with van der Waals surface area (Å²) in [5, 5.41) is 5.98. The number of aromatic nitrogens is 1. The van der Waals surface area contributed by atoms with E-state index >= 15 is 0 Å². The molecule has 0 spiro atoms. The summed E-state index contributed by atoms with van der Waals surface area (Å²) in [6, 6.07) is 12.1. The van der Waals surface area contributed by atoms with Gasteiger partial charge in [0.1, 0.15) is 0 Å². The second kappa shape index (κ2) is 6.33. The third-order valence-corrected chi connectivity index (χ3v) is 5.42. The van der Waals surface area contributed by atoms with Gasteiger partial charge >= 0.3 is 0 Å². The lowest BCUT2D eigenvalue weighted by molar-refractivity contribution is 0.0656. The average molecular weight is 383 g/mol. The van der Waals surface area contributed by atoms with Crippen molar-refractivity contribution >= 4 is 32.7 Å². The smallest absolute Gasteiger partial charge is 0.261 e. The van der Waals surface area contributed by atoms with E-state index in [4.69, 9.17) is 5.14 Å². The molecule has 0 saturated carbocycles. The highest BCUT2D eigenvalue weighted by atomic mass is 32.2. The molecule has 0 unspecified atom stereocenters. The van der Waals surface area contributed by atoms with Crippen LogP contribution in [-0.2, 0) is 22.2 Å². The molecule has 1 aliphatic heterocycles. The fraction of sp³-hybridized carbons (Fsp3) is 0.158. The summed E-state index contributed by atoms with van der Waals surface area (Å²) in [4.78, 5) is 29.3. The molecule has 27 heavy (non-hydrogen) atoms. The van der Waals surface area contributed by atoms with Gasteiger partial charge in [0.05, 0.1) is 16.9 Å². The Labute approximate surface area is 155 Å². The monoisotopic (exact) mass is 383 g/mol. The summed E-state index contributed by atoms with van der Waals surface area (Å²) in [6.07, 6.45) is 2.27. The van der Waals surface area contributed by atoms with E-state index in [2.05, 4.69) is 4.98 Å². The van der Waals surface area contributed by atoms with E-state index in [0.717, 1.165) is 16.5 Å². The van der Waals surface area contributed by atoms with Crippen LogP contribution in [0.4, 0.5) is 0 Å². The first-order valence-corrected chi connectivity index (χ1v) is 10.1. The van der Waals surface area contributed by atoms with Crippen LogP contribution in [0.3, 0.4) is 0 Å². The van der Waals surface area contributed by atoms with Crippen molar-refractivity contribution < 1.29 is 18.0 Å². The van der Waals surface area contributed by atoms with E-state index in [1.807, 2.05) is 6.20 Å². The maximum atomic E-state index is 12.5. The Bertz CT molecular complexity index is 1150. The summed E-state index contributed by atoms with van der Waals surface area (Å²) in [6.45, 7) is 0.249. The van der Waals surface area contributed by atoms with Gasteiger partial charge in [0.2, 0.25) is 10.0 Å². The van der Waals surface area contributed by atoms with Gasteiger partial charge < -0.3 is 4.98 Å². The van der Waals surface area contributed by atoms with Crippen molar-refractivity contribution in [2.75, 3.05) is 6.54 Å². The van der Waals surface area contributed by atoms with Gasteiger partial charge in [-0.25, -0.2) is 13.6 Å². The molecule has 3 aromatic rings. The SMILES string of the molecule is NS(=O)(=O)Cc1ccc2[nH]cc(CCN3C(=O)c4ccccc4C3=O)c2c1. The minimum atomic E-state index is -3.62. The van der Waals surface area contributed by atoms with Crippen molar-refractivity contribution in [2.24, 2.45) is 5.14 Å². The number of nitrogens with zero attached hydrogens (tertiary/aromatic N) is 1. The molecule has 0 fully saturated rings. The van der Waals surface area contributed by atoms with Crippen LogP contribution in [0.15, 0.2) is 48.7 Å². The van der Waals surface area contributed by atoms with E-state index in [-0.39, 0.29) is 24.1 Å². The molecule has 7 nitrogen and oxygen atoms in total. The van der Waals surface area contributed by atoms with Crippen LogP contribution in [-0.4, -0.2) is 36.7 Å². The number of carbonyl (C=O) groups is 2. The van der Waals surface area contributed by atoms with E-state index in [9.17, 15) is 18.0 Å². The van der Waals surface area contributed by atoms with Crippen LogP contribution < -0.4 is 5.14 Å². The molecule has 2 amide bonds. The zero-order valence-electron chi connectivity index (χ0n) is 14.3. The molecule has 1 aliphatic rings. The van der Waals surface area contributed by atoms with E-state index in [0.29, 0.717) is 23.1 Å². The zero-order valence-corrected chi connectivity index (χ0v) is 15.1. The van der Waals surface area contributed by atoms with Crippen LogP contribution in [0.2, 0.25) is 0 Å². The Morgan fingerprint density at radius 3 is 2.30 bits per heavy atom. The number of primary sulfonamides is 1. The minimum Gasteiger partial charge on any atom is -0.361 e. The Balaban J connectivity index is 1.57. The number of hydrogen-bond acceptors (Lipinski definition) is 4. The quantitative estimate of drug-likeness (QED) is 0.654. The van der Waals surface area contributed by atoms with Crippen molar-refractivity contribution in [3.63, 3.8) is 0 Å². The lowest BCUT2D eigenvalue weighted by Crippen LogP contribution is -2.31. The molecule has 0 bridgehead atoms. The standard InChI is InChI=1S/C19H17N3O4S/c20-27(25,26)11-12-5-6-17-16(9-12)13(10-21-17)7-8-22-18(23)14-3-1-2-4-15(14)19(22)24/h1-6,9-10,21H,7-8,11H2,(H2,20,25,26). The molecule has 0 atom stereocenters. The molecule has 1 aromatic heterocycles. The first-order chi connectivity index (χ1) is 12.8. The highest BCUT2D eigenvalue weighted by Gasteiger charge is 2.34. The fourth-order valence-corrected chi connectivity index (χ4v) is 4.07. The summed E-state index contributed by atoms with van der Waals surface area (Å²) >= 11 is 0. The molecular weight excluding hydrogens is 366 g/mol. The number of rotatable bonds is 5. The number of hydrogen-bond donors (Lipinski definition) is 2. The van der Waals surface area contributed by atoms with E-state index in [1.54, 1.807) is 42.5 Å². The van der Waals surface area contributed by atoms with Crippen molar-refractivity contribution in [1.82, 2.24) is 9.88 Å². The van der Waals surface area contributed by atoms with E-state index in [1.165, 1.54) is 4.90 Å². The molecule has 0 radical (unpaired) electrons. The topological polar surface area (TPSA) is 113 Å². The summed E-state index contributed by atoms with van der Waals surface area (Å²) in [5.41, 5.74) is 3.20. The van der Waals surface area contributed by atoms with Crippen LogP contribution in [0.1, 0.15) is 31.8 Å². The van der Waals surface area contributed by atoms with E-state index < -0.39 is 10.0 Å². The number of carbonyl (C=O) groups excluding carboxylic acids is 2. The van der Waals surface area contributed by atoms with Gasteiger partial charge in [-0.3, -0.25) is 14.5 Å². The fourth-order valence-electron chi connectivity index (χ4n) is 3.43. The molecule has 138 valence electrons. The Morgan fingerprint density at radius 2 is 1.67 bits per heavy atom. The van der Waals surface area contributed by atoms with Crippen molar-refractivity contribution in [3.05, 3.63) is 70.9 Å². The first-order valence-electron chi connectivity index (χ1n) is 8.38. The third kappa shape index (κ3) is 3.24. The van der Waals surface area contributed by atoms with Gasteiger partial charge in [0.15, 0.2) is 0 Å². The largest absolute Gasteiger partial charge is 0.361 e. The zero-order chi connectivity index (χ0) is 19.2. The molecule has 2 heterocycles. The maximum absolute atomic E-state index is 12.5. The number of benzene rings is 2. The number of nitrogens with two attached hydrogens (primary N) is 1. The number of sulfonamides is 1. The summed E-state index contributed by atoms with van der Waals surface area (Å²) < 4.78 is 22.7. The highest BCUT2D eigenvalue weighted by Crippen LogP contribution is 2.25. The predicted molar refractivity (Wildman–Crippen MR) is 101 cm³/mol. The second-order valence-electron chi connectivity index (χ2n) is 6.56. The normalized spacial score (nSPS) is 14.2. The number of aromatic amines is 1. The van der Waals surface area contributed by atoms with Gasteiger partial charge in [-0.1, -0.05) is 18.2 Å². The first kappa shape index (κ1) is 17.4. The summed E-state index contributed by atoms with van der Waals surface area (Å²) in [7, 11) is -3.62. The number of fused-ring (bicyclic) bond motifs is 2. The van der Waals surface area contributed by atoms with Crippen LogP contribution in [0.5, 0.6) is 0 Å². The number of H-pyrrole nitrogens is 1. The van der Waals surface area contributed by atoms with Gasteiger partial charge in [0.25, 0.3) is 11.8 Å². The van der Waals surface area contributed by atoms with Crippen LogP contribution in [0.25, 0.3) is 10.9 Å². The number of nitrogens with one attached hydrogen (secondary N) is 1. The molecule has 0 aliphatic carbocycles. The average Bonchev–Trinajstić information content (AvgIpc) is 3.12. The second-order valence-corrected chi connectivity index (χ2v) is 8.17. The van der Waals surface area contributed by atoms with Gasteiger partial charge in [-0.05, 0) is 41.8 Å². The Kier molecular flexibility index (Phi) is 4.09. The van der Waals surface area contributed by atoms with Crippen molar-refractivity contribution in [3.8, 4) is 0 Å². The van der Waals surface area contributed by atoms with Crippen molar-refractivity contribution in [1.29, 1.82) is 0 Å². The van der Waals surface area contributed by atoms with Crippen molar-refractivity contribution in [2.45, 2.75) is 12.2 Å². The number of imide groups is 1. The Hall–Kier alpha value is -2.97. The molecule has 0 saturated heterocycles. The molecule has 3 N–H and O–H groups in total. The molecular formula is C19H17N3O4S. The minimum absolute atomic E-state index is 0.244. The predicted octanol–water partition coefficient (Wildman–Crippen LogP) is 1.80. The summed E-state index contributed by atoms with van der Waals surface area (Å²) in [5.74, 6) is -0.817. The number of amides is 2. The molecule has 8 heteroatoms. The molecule has 4 rings (SSSR count). The van der Waals surface area contributed by atoms with Crippen LogP contribution >= 0.6 is 0 Å². The van der Waals surface area contributed by atoms with Gasteiger partial charge in [-0.2, -0.15) is 0 Å². The third-order valence-electron chi connectivity index (χ3n) is 4.68. The maximum Gasteiger partial charge on any atom is 0.261 e.